The van der Waals surface area contributed by atoms with Gasteiger partial charge in [-0.3, -0.25) is 0 Å². The maximum Gasteiger partial charge on any atom is 0.121 e. The first-order valence-corrected chi connectivity index (χ1v) is 4.50. The molecule has 1 unspecified atom stereocenters. The number of benzene rings is 1. The van der Waals surface area contributed by atoms with Gasteiger partial charge in [0.2, 0.25) is 0 Å². The van der Waals surface area contributed by atoms with Crippen molar-refractivity contribution < 1.29 is 4.74 Å². The number of allylic oxidation sites excluding steroid dienone is 2. The van der Waals surface area contributed by atoms with Crippen LogP contribution in [0.2, 0.25) is 0 Å². The molecule has 13 heavy (non-hydrogen) atoms. The molecule has 1 aromatic carbocycles. The monoisotopic (exact) mass is 172 g/mol. The Bertz CT molecular complexity index is 311. The molecule has 1 aromatic rings. The van der Waals surface area contributed by atoms with Crippen molar-refractivity contribution in [1.82, 2.24) is 0 Å². The van der Waals surface area contributed by atoms with E-state index in [2.05, 4.69) is 12.2 Å². The van der Waals surface area contributed by atoms with Gasteiger partial charge in [0.1, 0.15) is 11.9 Å². The van der Waals surface area contributed by atoms with Gasteiger partial charge < -0.3 is 4.74 Å². The van der Waals surface area contributed by atoms with Gasteiger partial charge in [-0.1, -0.05) is 36.4 Å². The average molecular weight is 172 g/mol. The zero-order valence-electron chi connectivity index (χ0n) is 7.39. The smallest absolute Gasteiger partial charge is 0.121 e. The molecule has 2 rings (SSSR count). The second kappa shape index (κ2) is 3.94. The number of rotatable bonds is 2. The summed E-state index contributed by atoms with van der Waals surface area (Å²) in [4.78, 5) is 0. The van der Waals surface area contributed by atoms with E-state index in [1.165, 1.54) is 0 Å². The SMILES string of the molecule is C1=CCC(Oc2ccccc2)C=C1. The number of ether oxygens (including phenoxy) is 1. The van der Waals surface area contributed by atoms with E-state index in [4.69, 9.17) is 4.74 Å². The van der Waals surface area contributed by atoms with E-state index in [-0.39, 0.29) is 6.10 Å². The van der Waals surface area contributed by atoms with Gasteiger partial charge in [0, 0.05) is 6.42 Å². The number of hydrogen-bond acceptors (Lipinski definition) is 1. The lowest BCUT2D eigenvalue weighted by Crippen LogP contribution is -2.13. The summed E-state index contributed by atoms with van der Waals surface area (Å²) in [5, 5.41) is 0. The predicted molar refractivity (Wildman–Crippen MR) is 53.8 cm³/mol. The minimum Gasteiger partial charge on any atom is -0.486 e. The fraction of sp³-hybridized carbons (Fsp3) is 0.167. The molecular formula is C12H12O. The lowest BCUT2D eigenvalue weighted by Gasteiger charge is -2.15. The van der Waals surface area contributed by atoms with E-state index in [9.17, 15) is 0 Å². The van der Waals surface area contributed by atoms with E-state index in [0.717, 1.165) is 12.2 Å². The third-order valence-electron chi connectivity index (χ3n) is 1.97. The third-order valence-corrected chi connectivity index (χ3v) is 1.97. The Hall–Kier alpha value is -1.50. The van der Waals surface area contributed by atoms with E-state index < -0.39 is 0 Å². The van der Waals surface area contributed by atoms with Crippen LogP contribution in [-0.4, -0.2) is 6.10 Å². The quantitative estimate of drug-likeness (QED) is 0.666. The summed E-state index contributed by atoms with van der Waals surface area (Å²) in [5.74, 6) is 0.937. The van der Waals surface area contributed by atoms with Crippen molar-refractivity contribution in [2.75, 3.05) is 0 Å². The van der Waals surface area contributed by atoms with Gasteiger partial charge in [0.25, 0.3) is 0 Å². The predicted octanol–water partition coefficient (Wildman–Crippen LogP) is 2.95. The van der Waals surface area contributed by atoms with Crippen LogP contribution in [0.4, 0.5) is 0 Å². The molecule has 0 radical (unpaired) electrons. The molecule has 0 amide bonds. The summed E-state index contributed by atoms with van der Waals surface area (Å²) in [6.45, 7) is 0. The molecule has 0 bridgehead atoms. The Labute approximate surface area is 78.3 Å². The zero-order chi connectivity index (χ0) is 8.93. The lowest BCUT2D eigenvalue weighted by atomic mass is 10.1. The van der Waals surface area contributed by atoms with E-state index >= 15 is 0 Å². The highest BCUT2D eigenvalue weighted by molar-refractivity contribution is 5.23. The standard InChI is InChI=1S/C12H12O/c1-3-7-11(8-4-1)13-12-9-5-2-6-10-12/h1-9,12H,10H2. The fourth-order valence-electron chi connectivity index (χ4n) is 1.32. The number of para-hydroxylation sites is 1. The van der Waals surface area contributed by atoms with E-state index in [1.54, 1.807) is 0 Å². The Balaban J connectivity index is 1.99. The highest BCUT2D eigenvalue weighted by Gasteiger charge is 2.05. The van der Waals surface area contributed by atoms with Crippen molar-refractivity contribution in [1.29, 1.82) is 0 Å². The van der Waals surface area contributed by atoms with Crippen molar-refractivity contribution >= 4 is 0 Å². The summed E-state index contributed by atoms with van der Waals surface area (Å²) in [7, 11) is 0. The van der Waals surface area contributed by atoms with Crippen molar-refractivity contribution in [3.8, 4) is 5.75 Å². The van der Waals surface area contributed by atoms with Gasteiger partial charge in [-0.15, -0.1) is 0 Å². The molecule has 0 aliphatic heterocycles. The molecule has 0 fully saturated rings. The zero-order valence-corrected chi connectivity index (χ0v) is 7.39. The molecule has 0 spiro atoms. The Morgan fingerprint density at radius 3 is 2.62 bits per heavy atom. The average Bonchev–Trinajstić information content (AvgIpc) is 2.21. The van der Waals surface area contributed by atoms with Crippen LogP contribution in [0.25, 0.3) is 0 Å². The largest absolute Gasteiger partial charge is 0.486 e. The van der Waals surface area contributed by atoms with Crippen LogP contribution < -0.4 is 4.74 Å². The summed E-state index contributed by atoms with van der Waals surface area (Å²) in [6.07, 6.45) is 9.43. The molecule has 0 saturated carbocycles. The van der Waals surface area contributed by atoms with Crippen LogP contribution in [0.5, 0.6) is 5.75 Å². The first-order valence-electron chi connectivity index (χ1n) is 4.50. The normalized spacial score (nSPS) is 20.2. The first-order chi connectivity index (χ1) is 6.45. The van der Waals surface area contributed by atoms with Crippen molar-refractivity contribution in [2.24, 2.45) is 0 Å². The van der Waals surface area contributed by atoms with Crippen LogP contribution in [0.15, 0.2) is 54.6 Å². The fourth-order valence-corrected chi connectivity index (χ4v) is 1.32. The molecule has 1 heteroatoms. The van der Waals surface area contributed by atoms with Crippen molar-refractivity contribution in [3.63, 3.8) is 0 Å². The first kappa shape index (κ1) is 8.11. The van der Waals surface area contributed by atoms with Crippen molar-refractivity contribution in [3.05, 3.63) is 54.6 Å². The maximum atomic E-state index is 5.72. The highest BCUT2D eigenvalue weighted by Crippen LogP contribution is 2.15. The van der Waals surface area contributed by atoms with Gasteiger partial charge in [0.15, 0.2) is 0 Å². The van der Waals surface area contributed by atoms with Gasteiger partial charge in [-0.25, -0.2) is 0 Å². The van der Waals surface area contributed by atoms with Gasteiger partial charge in [0.05, 0.1) is 0 Å². The summed E-state index contributed by atoms with van der Waals surface area (Å²) >= 11 is 0. The molecule has 0 N–H and O–H groups in total. The maximum absolute atomic E-state index is 5.72. The van der Waals surface area contributed by atoms with Crippen LogP contribution in [0.3, 0.4) is 0 Å². The van der Waals surface area contributed by atoms with Crippen LogP contribution >= 0.6 is 0 Å². The second-order valence-electron chi connectivity index (χ2n) is 3.02. The Kier molecular flexibility index (Phi) is 2.46. The minimum absolute atomic E-state index is 0.201. The highest BCUT2D eigenvalue weighted by atomic mass is 16.5. The van der Waals surface area contributed by atoms with Crippen LogP contribution in [0.1, 0.15) is 6.42 Å². The molecular weight excluding hydrogens is 160 g/mol. The minimum atomic E-state index is 0.201. The van der Waals surface area contributed by atoms with Crippen LogP contribution in [0, 0.1) is 0 Å². The van der Waals surface area contributed by atoms with E-state index in [0.29, 0.717) is 0 Å². The van der Waals surface area contributed by atoms with E-state index in [1.807, 2.05) is 42.5 Å². The van der Waals surface area contributed by atoms with Crippen molar-refractivity contribution in [2.45, 2.75) is 12.5 Å². The van der Waals surface area contributed by atoms with Crippen LogP contribution in [-0.2, 0) is 0 Å². The van der Waals surface area contributed by atoms with Gasteiger partial charge in [-0.2, -0.15) is 0 Å². The third kappa shape index (κ3) is 2.22. The molecule has 0 saturated heterocycles. The molecule has 1 aliphatic carbocycles. The molecule has 1 nitrogen and oxygen atoms in total. The molecule has 1 atom stereocenters. The van der Waals surface area contributed by atoms with Gasteiger partial charge in [-0.05, 0) is 18.2 Å². The topological polar surface area (TPSA) is 9.23 Å². The lowest BCUT2D eigenvalue weighted by molar-refractivity contribution is 0.251. The molecule has 1 aliphatic rings. The molecule has 66 valence electrons. The second-order valence-corrected chi connectivity index (χ2v) is 3.02. The molecule has 0 aromatic heterocycles. The summed E-state index contributed by atoms with van der Waals surface area (Å²) in [6, 6.07) is 9.91. The summed E-state index contributed by atoms with van der Waals surface area (Å²) < 4.78 is 5.72. The molecule has 0 heterocycles. The van der Waals surface area contributed by atoms with Gasteiger partial charge >= 0.3 is 0 Å². The Morgan fingerprint density at radius 1 is 1.08 bits per heavy atom. The Morgan fingerprint density at radius 2 is 1.92 bits per heavy atom. The summed E-state index contributed by atoms with van der Waals surface area (Å²) in [5.41, 5.74) is 0. The number of hydrogen-bond donors (Lipinski definition) is 0.